The molecule has 2 heterocycles. The SMILES string of the molecule is Cc1nn(-c2ccccc2)c2ncn(CC(=O)O)c(=O)c12. The first-order valence-electron chi connectivity index (χ1n) is 6.30. The maximum absolute atomic E-state index is 12.3. The highest BCUT2D eigenvalue weighted by molar-refractivity contribution is 5.79. The molecule has 106 valence electrons. The van der Waals surface area contributed by atoms with E-state index in [9.17, 15) is 9.59 Å². The van der Waals surface area contributed by atoms with E-state index in [0.29, 0.717) is 16.7 Å². The zero-order chi connectivity index (χ0) is 15.0. The lowest BCUT2D eigenvalue weighted by molar-refractivity contribution is -0.137. The number of carboxylic acid groups (broad SMARTS) is 1. The van der Waals surface area contributed by atoms with Crippen molar-refractivity contribution < 1.29 is 9.90 Å². The van der Waals surface area contributed by atoms with E-state index in [1.54, 1.807) is 11.6 Å². The fourth-order valence-electron chi connectivity index (χ4n) is 2.21. The predicted molar refractivity (Wildman–Crippen MR) is 75.5 cm³/mol. The van der Waals surface area contributed by atoms with Gasteiger partial charge >= 0.3 is 5.97 Å². The second-order valence-corrected chi connectivity index (χ2v) is 4.60. The molecule has 0 atom stereocenters. The summed E-state index contributed by atoms with van der Waals surface area (Å²) in [5.74, 6) is -1.09. The van der Waals surface area contributed by atoms with Crippen molar-refractivity contribution in [3.05, 3.63) is 52.7 Å². The monoisotopic (exact) mass is 284 g/mol. The molecule has 1 aromatic carbocycles. The fraction of sp³-hybridized carbons (Fsp3) is 0.143. The quantitative estimate of drug-likeness (QED) is 0.774. The van der Waals surface area contributed by atoms with Crippen LogP contribution in [-0.2, 0) is 11.3 Å². The van der Waals surface area contributed by atoms with E-state index in [1.807, 2.05) is 30.3 Å². The minimum atomic E-state index is -1.09. The molecule has 1 N–H and O–H groups in total. The van der Waals surface area contributed by atoms with Crippen LogP contribution in [0.25, 0.3) is 16.7 Å². The van der Waals surface area contributed by atoms with Crippen molar-refractivity contribution in [3.8, 4) is 5.69 Å². The van der Waals surface area contributed by atoms with E-state index >= 15 is 0 Å². The summed E-state index contributed by atoms with van der Waals surface area (Å²) in [4.78, 5) is 27.3. The first-order chi connectivity index (χ1) is 10.1. The number of aliphatic carboxylic acids is 1. The molecule has 3 aromatic rings. The molecule has 3 rings (SSSR count). The van der Waals surface area contributed by atoms with Crippen molar-refractivity contribution in [1.29, 1.82) is 0 Å². The summed E-state index contributed by atoms with van der Waals surface area (Å²) in [6.45, 7) is 1.29. The Bertz CT molecular complexity index is 880. The van der Waals surface area contributed by atoms with Gasteiger partial charge in [-0.25, -0.2) is 9.67 Å². The molecule has 0 aliphatic carbocycles. The summed E-state index contributed by atoms with van der Waals surface area (Å²) in [7, 11) is 0. The largest absolute Gasteiger partial charge is 0.480 e. The van der Waals surface area contributed by atoms with Crippen molar-refractivity contribution in [3.63, 3.8) is 0 Å². The molecule has 21 heavy (non-hydrogen) atoms. The van der Waals surface area contributed by atoms with E-state index < -0.39 is 18.1 Å². The molecular weight excluding hydrogens is 272 g/mol. The highest BCUT2D eigenvalue weighted by Crippen LogP contribution is 2.16. The number of fused-ring (bicyclic) bond motifs is 1. The number of benzene rings is 1. The molecule has 0 aliphatic heterocycles. The van der Waals surface area contributed by atoms with E-state index in [1.165, 1.54) is 6.33 Å². The Labute approximate surface area is 119 Å². The van der Waals surface area contributed by atoms with Gasteiger partial charge in [-0.3, -0.25) is 14.2 Å². The van der Waals surface area contributed by atoms with E-state index in [2.05, 4.69) is 10.1 Å². The molecule has 7 nitrogen and oxygen atoms in total. The highest BCUT2D eigenvalue weighted by Gasteiger charge is 2.16. The van der Waals surface area contributed by atoms with Gasteiger partial charge in [0.15, 0.2) is 5.65 Å². The average Bonchev–Trinajstić information content (AvgIpc) is 2.80. The third-order valence-electron chi connectivity index (χ3n) is 3.14. The summed E-state index contributed by atoms with van der Waals surface area (Å²) < 4.78 is 2.64. The van der Waals surface area contributed by atoms with Crippen LogP contribution in [0.15, 0.2) is 41.5 Å². The molecule has 0 unspecified atom stereocenters. The summed E-state index contributed by atoms with van der Waals surface area (Å²) >= 11 is 0. The average molecular weight is 284 g/mol. The van der Waals surface area contributed by atoms with E-state index in [0.717, 1.165) is 10.3 Å². The number of rotatable bonds is 3. The van der Waals surface area contributed by atoms with Crippen LogP contribution in [0.4, 0.5) is 0 Å². The van der Waals surface area contributed by atoms with Crippen LogP contribution in [0, 0.1) is 6.92 Å². The Hall–Kier alpha value is -2.96. The van der Waals surface area contributed by atoms with Crippen LogP contribution in [-0.4, -0.2) is 30.4 Å². The van der Waals surface area contributed by atoms with E-state index in [4.69, 9.17) is 5.11 Å². The normalized spacial score (nSPS) is 10.9. The van der Waals surface area contributed by atoms with Gasteiger partial charge in [-0.15, -0.1) is 0 Å². The minimum absolute atomic E-state index is 0.336. The standard InChI is InChI=1S/C14H12N4O3/c1-9-12-13(15-8-17(14(12)21)7-11(19)20)18(16-9)10-5-3-2-4-6-10/h2-6,8H,7H2,1H3,(H,19,20). The van der Waals surface area contributed by atoms with Gasteiger partial charge in [0.1, 0.15) is 18.3 Å². The zero-order valence-electron chi connectivity index (χ0n) is 11.2. The van der Waals surface area contributed by atoms with Crippen LogP contribution in [0.2, 0.25) is 0 Å². The fourth-order valence-corrected chi connectivity index (χ4v) is 2.21. The van der Waals surface area contributed by atoms with Gasteiger partial charge in [-0.05, 0) is 19.1 Å². The van der Waals surface area contributed by atoms with Gasteiger partial charge in [0.25, 0.3) is 5.56 Å². The Kier molecular flexibility index (Phi) is 3.02. The zero-order valence-corrected chi connectivity index (χ0v) is 11.2. The van der Waals surface area contributed by atoms with Crippen molar-refractivity contribution in [2.75, 3.05) is 0 Å². The van der Waals surface area contributed by atoms with Gasteiger partial charge in [-0.1, -0.05) is 18.2 Å². The van der Waals surface area contributed by atoms with Crippen molar-refractivity contribution in [2.24, 2.45) is 0 Å². The van der Waals surface area contributed by atoms with Gasteiger partial charge < -0.3 is 5.11 Å². The third kappa shape index (κ3) is 2.18. The molecule has 0 amide bonds. The minimum Gasteiger partial charge on any atom is -0.480 e. The summed E-state index contributed by atoms with van der Waals surface area (Å²) in [6, 6.07) is 9.33. The second-order valence-electron chi connectivity index (χ2n) is 4.60. The Morgan fingerprint density at radius 2 is 2.00 bits per heavy atom. The number of carboxylic acids is 1. The van der Waals surface area contributed by atoms with Gasteiger partial charge in [0.05, 0.1) is 11.4 Å². The Morgan fingerprint density at radius 1 is 1.29 bits per heavy atom. The third-order valence-corrected chi connectivity index (χ3v) is 3.14. The molecule has 0 aliphatic rings. The van der Waals surface area contributed by atoms with E-state index in [-0.39, 0.29) is 0 Å². The van der Waals surface area contributed by atoms with Gasteiger partial charge in [0, 0.05) is 0 Å². The van der Waals surface area contributed by atoms with Crippen LogP contribution in [0.1, 0.15) is 5.69 Å². The van der Waals surface area contributed by atoms with Crippen LogP contribution in [0.3, 0.4) is 0 Å². The van der Waals surface area contributed by atoms with Gasteiger partial charge in [0.2, 0.25) is 0 Å². The highest BCUT2D eigenvalue weighted by atomic mass is 16.4. The number of aromatic nitrogens is 4. The lowest BCUT2D eigenvalue weighted by atomic mass is 10.3. The number of nitrogens with zero attached hydrogens (tertiary/aromatic N) is 4. The molecule has 0 saturated heterocycles. The molecule has 2 aromatic heterocycles. The van der Waals surface area contributed by atoms with Crippen LogP contribution in [0.5, 0.6) is 0 Å². The Balaban J connectivity index is 2.26. The van der Waals surface area contributed by atoms with Crippen LogP contribution >= 0.6 is 0 Å². The van der Waals surface area contributed by atoms with Crippen LogP contribution < -0.4 is 5.56 Å². The number of carbonyl (C=O) groups is 1. The lowest BCUT2D eigenvalue weighted by Gasteiger charge is -2.03. The summed E-state index contributed by atoms with van der Waals surface area (Å²) in [5.41, 5.74) is 1.33. The molecule has 0 bridgehead atoms. The topological polar surface area (TPSA) is 90.0 Å². The smallest absolute Gasteiger partial charge is 0.323 e. The molecule has 0 saturated carbocycles. The predicted octanol–water partition coefficient (Wildman–Crippen LogP) is 0.975. The summed E-state index contributed by atoms with van der Waals surface area (Å²) in [5, 5.41) is 13.5. The number of hydrogen-bond acceptors (Lipinski definition) is 4. The maximum Gasteiger partial charge on any atom is 0.323 e. The van der Waals surface area contributed by atoms with Crippen molar-refractivity contribution in [2.45, 2.75) is 13.5 Å². The summed E-state index contributed by atoms with van der Waals surface area (Å²) in [6.07, 6.45) is 1.24. The maximum atomic E-state index is 12.3. The molecule has 0 fully saturated rings. The van der Waals surface area contributed by atoms with Gasteiger partial charge in [-0.2, -0.15) is 5.10 Å². The molecule has 0 spiro atoms. The lowest BCUT2D eigenvalue weighted by Crippen LogP contribution is -2.24. The number of para-hydroxylation sites is 1. The number of hydrogen-bond donors (Lipinski definition) is 1. The second kappa shape index (κ2) is 4.86. The molecule has 0 radical (unpaired) electrons. The molecule has 7 heteroatoms. The van der Waals surface area contributed by atoms with Crippen molar-refractivity contribution in [1.82, 2.24) is 19.3 Å². The number of aryl methyl sites for hydroxylation is 1. The first-order valence-corrected chi connectivity index (χ1v) is 6.30. The first kappa shape index (κ1) is 13.0. The molecular formula is C14H12N4O3. The van der Waals surface area contributed by atoms with Crippen molar-refractivity contribution >= 4 is 17.0 Å². The Morgan fingerprint density at radius 3 is 2.67 bits per heavy atom.